The zero-order chi connectivity index (χ0) is 22.8. The molecule has 8 nitrogen and oxygen atoms in total. The van der Waals surface area contributed by atoms with E-state index in [1.54, 1.807) is 6.07 Å². The van der Waals surface area contributed by atoms with Gasteiger partial charge in [0.05, 0.1) is 31.0 Å². The minimum absolute atomic E-state index is 0.00382. The van der Waals surface area contributed by atoms with Gasteiger partial charge >= 0.3 is 17.6 Å². The molecule has 3 aromatic carbocycles. The number of carbonyl (C=O) groups is 3. The van der Waals surface area contributed by atoms with Crippen molar-refractivity contribution in [3.05, 3.63) is 87.8 Å². The fourth-order valence-corrected chi connectivity index (χ4v) is 3.40. The summed E-state index contributed by atoms with van der Waals surface area (Å²) in [6.45, 7) is 0. The highest BCUT2D eigenvalue weighted by molar-refractivity contribution is 6.12. The number of carbonyl (C=O) groups excluding carboxylic acids is 3. The van der Waals surface area contributed by atoms with Crippen molar-refractivity contribution in [2.75, 3.05) is 19.5 Å². The molecule has 32 heavy (non-hydrogen) atoms. The monoisotopic (exact) mass is 431 g/mol. The Bertz CT molecular complexity index is 1450. The highest BCUT2D eigenvalue weighted by Gasteiger charge is 2.20. The molecule has 1 heterocycles. The summed E-state index contributed by atoms with van der Waals surface area (Å²) in [5, 5.41) is 4.82. The Kier molecular flexibility index (Phi) is 5.43. The molecular weight excluding hydrogens is 414 g/mol. The summed E-state index contributed by atoms with van der Waals surface area (Å²) in [4.78, 5) is 49.5. The van der Waals surface area contributed by atoms with E-state index in [2.05, 4.69) is 10.1 Å². The van der Waals surface area contributed by atoms with Gasteiger partial charge in [-0.1, -0.05) is 30.3 Å². The van der Waals surface area contributed by atoms with Crippen molar-refractivity contribution in [3.63, 3.8) is 0 Å². The average Bonchev–Trinajstić information content (AvgIpc) is 2.82. The van der Waals surface area contributed by atoms with Crippen molar-refractivity contribution in [2.24, 2.45) is 0 Å². The molecule has 0 unspecified atom stereocenters. The molecule has 1 N–H and O–H groups in total. The maximum absolute atomic E-state index is 13.0. The van der Waals surface area contributed by atoms with Gasteiger partial charge in [-0.3, -0.25) is 4.79 Å². The first kappa shape index (κ1) is 20.8. The minimum atomic E-state index is -0.839. The number of nitrogens with one attached hydrogen (secondary N) is 1. The Morgan fingerprint density at radius 3 is 2.31 bits per heavy atom. The summed E-state index contributed by atoms with van der Waals surface area (Å²) >= 11 is 0. The second-order valence-electron chi connectivity index (χ2n) is 6.84. The molecule has 0 radical (unpaired) electrons. The van der Waals surface area contributed by atoms with Crippen LogP contribution in [0.15, 0.2) is 69.9 Å². The number of rotatable bonds is 4. The van der Waals surface area contributed by atoms with Crippen molar-refractivity contribution >= 4 is 45.3 Å². The largest absolute Gasteiger partial charge is 0.465 e. The van der Waals surface area contributed by atoms with Crippen molar-refractivity contribution < 1.29 is 28.3 Å². The van der Waals surface area contributed by atoms with Crippen LogP contribution in [0.1, 0.15) is 31.1 Å². The van der Waals surface area contributed by atoms with Crippen LogP contribution in [0.25, 0.3) is 21.7 Å². The third-order valence-corrected chi connectivity index (χ3v) is 4.98. The van der Waals surface area contributed by atoms with Crippen molar-refractivity contribution in [2.45, 2.75) is 0 Å². The normalized spacial score (nSPS) is 10.7. The minimum Gasteiger partial charge on any atom is -0.465 e. The van der Waals surface area contributed by atoms with Gasteiger partial charge in [-0.25, -0.2) is 14.4 Å². The van der Waals surface area contributed by atoms with E-state index in [9.17, 15) is 19.2 Å². The number of hydrogen-bond acceptors (Lipinski definition) is 7. The molecule has 0 bridgehead atoms. The summed E-state index contributed by atoms with van der Waals surface area (Å²) in [6, 6.07) is 16.4. The molecule has 0 spiro atoms. The van der Waals surface area contributed by atoms with Gasteiger partial charge in [-0.15, -0.1) is 0 Å². The van der Waals surface area contributed by atoms with Crippen LogP contribution in [0.5, 0.6) is 0 Å². The Balaban J connectivity index is 1.81. The number of fused-ring (bicyclic) bond motifs is 3. The highest BCUT2D eigenvalue weighted by Crippen LogP contribution is 2.26. The van der Waals surface area contributed by atoms with Crippen molar-refractivity contribution in [1.29, 1.82) is 0 Å². The molecule has 4 rings (SSSR count). The van der Waals surface area contributed by atoms with E-state index >= 15 is 0 Å². The number of amides is 1. The summed E-state index contributed by atoms with van der Waals surface area (Å²) in [7, 11) is 2.39. The van der Waals surface area contributed by atoms with Crippen LogP contribution in [-0.2, 0) is 9.47 Å². The Hall–Kier alpha value is -4.46. The molecular formula is C24H17NO7. The van der Waals surface area contributed by atoms with Gasteiger partial charge in [0.15, 0.2) is 0 Å². The smallest absolute Gasteiger partial charge is 0.349 e. The van der Waals surface area contributed by atoms with Gasteiger partial charge in [-0.2, -0.15) is 0 Å². The Morgan fingerprint density at radius 1 is 0.812 bits per heavy atom. The maximum Gasteiger partial charge on any atom is 0.349 e. The van der Waals surface area contributed by atoms with Crippen molar-refractivity contribution in [3.8, 4) is 0 Å². The van der Waals surface area contributed by atoms with Gasteiger partial charge in [0.2, 0.25) is 0 Å². The second kappa shape index (κ2) is 8.35. The predicted octanol–water partition coefficient (Wildman–Crippen LogP) is 3.77. The molecule has 0 atom stereocenters. The average molecular weight is 431 g/mol. The predicted molar refractivity (Wildman–Crippen MR) is 117 cm³/mol. The fraction of sp³-hybridized carbons (Fsp3) is 0.0833. The van der Waals surface area contributed by atoms with Crippen LogP contribution in [0.4, 0.5) is 5.69 Å². The van der Waals surface area contributed by atoms with E-state index in [1.807, 2.05) is 30.3 Å². The third kappa shape index (κ3) is 3.69. The molecule has 0 aliphatic carbocycles. The van der Waals surface area contributed by atoms with Crippen LogP contribution >= 0.6 is 0 Å². The summed E-state index contributed by atoms with van der Waals surface area (Å²) in [6.07, 6.45) is 0. The van der Waals surface area contributed by atoms with Crippen LogP contribution in [0.3, 0.4) is 0 Å². The standard InChI is InChI=1S/C24H17NO7/c1-30-22(27)14-7-9-16(23(28)31-2)19(11-14)25-21(26)18-12-17-15-6-4-3-5-13(15)8-10-20(17)32-24(18)29/h3-12H,1-2H3,(H,25,26). The number of hydrogen-bond donors (Lipinski definition) is 1. The van der Waals surface area contributed by atoms with Gasteiger partial charge in [0, 0.05) is 5.39 Å². The van der Waals surface area contributed by atoms with Crippen LogP contribution in [0, 0.1) is 0 Å². The molecule has 1 amide bonds. The number of benzene rings is 3. The molecule has 160 valence electrons. The fourth-order valence-electron chi connectivity index (χ4n) is 3.40. The molecule has 1 aromatic heterocycles. The zero-order valence-corrected chi connectivity index (χ0v) is 17.1. The molecule has 4 aromatic rings. The molecule has 8 heteroatoms. The van der Waals surface area contributed by atoms with Crippen molar-refractivity contribution in [1.82, 2.24) is 0 Å². The van der Waals surface area contributed by atoms with E-state index in [0.29, 0.717) is 11.0 Å². The first-order valence-corrected chi connectivity index (χ1v) is 9.50. The van der Waals surface area contributed by atoms with E-state index in [-0.39, 0.29) is 22.4 Å². The highest BCUT2D eigenvalue weighted by atomic mass is 16.5. The van der Waals surface area contributed by atoms with Gasteiger partial charge in [0.1, 0.15) is 11.1 Å². The zero-order valence-electron chi connectivity index (χ0n) is 17.1. The Morgan fingerprint density at radius 2 is 1.56 bits per heavy atom. The summed E-state index contributed by atoms with van der Waals surface area (Å²) in [5.41, 5.74) is -0.659. The van der Waals surface area contributed by atoms with Gasteiger partial charge in [0.25, 0.3) is 5.91 Å². The van der Waals surface area contributed by atoms with Gasteiger partial charge in [-0.05, 0) is 41.1 Å². The van der Waals surface area contributed by atoms with E-state index < -0.39 is 23.5 Å². The second-order valence-corrected chi connectivity index (χ2v) is 6.84. The first-order valence-electron chi connectivity index (χ1n) is 9.50. The maximum atomic E-state index is 13.0. The third-order valence-electron chi connectivity index (χ3n) is 4.98. The number of anilines is 1. The Labute approximate surface area is 181 Å². The van der Waals surface area contributed by atoms with E-state index in [0.717, 1.165) is 10.8 Å². The first-order chi connectivity index (χ1) is 15.4. The number of esters is 2. The lowest BCUT2D eigenvalue weighted by molar-refractivity contribution is 0.0587. The molecule has 0 saturated carbocycles. The number of ether oxygens (including phenoxy) is 2. The van der Waals surface area contributed by atoms with Gasteiger partial charge < -0.3 is 19.2 Å². The van der Waals surface area contributed by atoms with E-state index in [4.69, 9.17) is 9.15 Å². The topological polar surface area (TPSA) is 112 Å². The van der Waals surface area contributed by atoms with Crippen LogP contribution in [-0.4, -0.2) is 32.1 Å². The number of methoxy groups -OCH3 is 2. The molecule has 0 aliphatic heterocycles. The molecule has 0 saturated heterocycles. The lowest BCUT2D eigenvalue weighted by Gasteiger charge is -2.11. The molecule has 0 aliphatic rings. The lowest BCUT2D eigenvalue weighted by atomic mass is 10.0. The van der Waals surface area contributed by atoms with E-state index in [1.165, 1.54) is 38.5 Å². The summed E-state index contributed by atoms with van der Waals surface area (Å²) < 4.78 is 14.8. The lowest BCUT2D eigenvalue weighted by Crippen LogP contribution is -2.22. The quantitative estimate of drug-likeness (QED) is 0.297. The molecule has 0 fully saturated rings. The SMILES string of the molecule is COC(=O)c1ccc(C(=O)OC)c(NC(=O)c2cc3c(ccc4ccccc43)oc2=O)c1. The van der Waals surface area contributed by atoms with Crippen LogP contribution in [0.2, 0.25) is 0 Å². The summed E-state index contributed by atoms with van der Waals surface area (Å²) in [5.74, 6) is -2.19. The van der Waals surface area contributed by atoms with Crippen LogP contribution < -0.4 is 10.9 Å².